The highest BCUT2D eigenvalue weighted by atomic mass is 16.5. The van der Waals surface area contributed by atoms with E-state index in [9.17, 15) is 9.59 Å². The first-order valence-corrected chi connectivity index (χ1v) is 8.22. The third-order valence-corrected chi connectivity index (χ3v) is 3.75. The van der Waals surface area contributed by atoms with Gasteiger partial charge in [0.25, 0.3) is 0 Å². The number of hydrogen-bond acceptors (Lipinski definition) is 4. The van der Waals surface area contributed by atoms with Crippen LogP contribution >= 0.6 is 0 Å². The van der Waals surface area contributed by atoms with Crippen LogP contribution in [-0.4, -0.2) is 23.3 Å². The van der Waals surface area contributed by atoms with Crippen LogP contribution in [0.3, 0.4) is 0 Å². The second-order valence-corrected chi connectivity index (χ2v) is 5.66. The zero-order valence-corrected chi connectivity index (χ0v) is 13.4. The van der Waals surface area contributed by atoms with Crippen LogP contribution in [0.5, 0.6) is 0 Å². The molecule has 4 heteroatoms. The molecule has 0 saturated carbocycles. The summed E-state index contributed by atoms with van der Waals surface area (Å²) < 4.78 is 0. The molecule has 0 saturated heterocycles. The Hall–Kier alpha value is -1.52. The van der Waals surface area contributed by atoms with Crippen molar-refractivity contribution >= 4 is 11.6 Å². The first-order chi connectivity index (χ1) is 10.7. The average molecular weight is 305 g/mol. The van der Waals surface area contributed by atoms with Crippen LogP contribution < -0.4 is 5.48 Å². The summed E-state index contributed by atoms with van der Waals surface area (Å²) in [5.74, 6) is -1.18. The van der Waals surface area contributed by atoms with Gasteiger partial charge < -0.3 is 5.21 Å². The van der Waals surface area contributed by atoms with E-state index in [0.717, 1.165) is 18.4 Å². The Kier molecular flexibility index (Phi) is 9.35. The molecule has 0 aromatic heterocycles. The maximum Gasteiger partial charge on any atom is 0.230 e. The van der Waals surface area contributed by atoms with Crippen molar-refractivity contribution in [3.05, 3.63) is 35.4 Å². The zero-order valence-electron chi connectivity index (χ0n) is 13.4. The van der Waals surface area contributed by atoms with E-state index in [1.54, 1.807) is 17.6 Å². The van der Waals surface area contributed by atoms with Gasteiger partial charge in [0, 0.05) is 5.56 Å². The predicted octanol–water partition coefficient (Wildman–Crippen LogP) is 3.71. The quantitative estimate of drug-likeness (QED) is 0.267. The van der Waals surface area contributed by atoms with Crippen LogP contribution in [-0.2, 0) is 11.2 Å². The minimum Gasteiger partial charge on any atom is -0.316 e. The molecule has 1 aromatic rings. The summed E-state index contributed by atoms with van der Waals surface area (Å²) in [7, 11) is 0. The van der Waals surface area contributed by atoms with Gasteiger partial charge in [-0.15, -0.1) is 0 Å². The second kappa shape index (κ2) is 11.1. The highest BCUT2D eigenvalue weighted by Gasteiger charge is 2.15. The molecule has 0 aliphatic carbocycles. The van der Waals surface area contributed by atoms with Crippen molar-refractivity contribution in [3.8, 4) is 0 Å². The Morgan fingerprint density at radius 3 is 2.41 bits per heavy atom. The Morgan fingerprint density at radius 2 is 1.73 bits per heavy atom. The monoisotopic (exact) mass is 305 g/mol. The molecule has 0 amide bonds. The van der Waals surface area contributed by atoms with Crippen molar-refractivity contribution in [2.75, 3.05) is 6.54 Å². The Bertz CT molecular complexity index is 471. The summed E-state index contributed by atoms with van der Waals surface area (Å²) >= 11 is 0. The van der Waals surface area contributed by atoms with Crippen LogP contribution in [0, 0.1) is 0 Å². The standard InChI is InChI=1S/C18H27NO3/c1-2-3-4-5-6-7-8-10-15-11-9-12-16(13-15)18(21)17(20)14-19-22/h9,11-13,19,22H,2-8,10,14H2,1H3. The van der Waals surface area contributed by atoms with Gasteiger partial charge in [0.15, 0.2) is 0 Å². The lowest BCUT2D eigenvalue weighted by molar-refractivity contribution is -0.115. The molecular weight excluding hydrogens is 278 g/mol. The van der Waals surface area contributed by atoms with E-state index in [4.69, 9.17) is 5.21 Å². The Morgan fingerprint density at radius 1 is 1.05 bits per heavy atom. The molecule has 0 spiro atoms. The molecule has 0 aliphatic rings. The van der Waals surface area contributed by atoms with Gasteiger partial charge in [-0.2, -0.15) is 5.48 Å². The van der Waals surface area contributed by atoms with Crippen molar-refractivity contribution in [1.29, 1.82) is 0 Å². The highest BCUT2D eigenvalue weighted by molar-refractivity contribution is 6.44. The molecule has 1 rings (SSSR count). The molecule has 0 aliphatic heterocycles. The third-order valence-electron chi connectivity index (χ3n) is 3.75. The molecule has 0 unspecified atom stereocenters. The summed E-state index contributed by atoms with van der Waals surface area (Å²) in [5, 5.41) is 8.48. The first kappa shape index (κ1) is 18.5. The van der Waals surface area contributed by atoms with Gasteiger partial charge in [0.1, 0.15) is 0 Å². The van der Waals surface area contributed by atoms with Crippen LogP contribution in [0.15, 0.2) is 24.3 Å². The van der Waals surface area contributed by atoms with Crippen molar-refractivity contribution in [2.24, 2.45) is 0 Å². The molecule has 0 fully saturated rings. The molecule has 22 heavy (non-hydrogen) atoms. The van der Waals surface area contributed by atoms with Gasteiger partial charge in [-0.3, -0.25) is 9.59 Å². The Balaban J connectivity index is 2.38. The lowest BCUT2D eigenvalue weighted by Gasteiger charge is -2.05. The van der Waals surface area contributed by atoms with Gasteiger partial charge >= 0.3 is 0 Å². The number of Topliss-reactive ketones (excluding diaryl/α,β-unsaturated/α-hetero) is 2. The number of hydroxylamine groups is 1. The van der Waals surface area contributed by atoms with Gasteiger partial charge in [-0.05, 0) is 24.5 Å². The second-order valence-electron chi connectivity index (χ2n) is 5.66. The molecule has 0 heterocycles. The summed E-state index contributed by atoms with van der Waals surface area (Å²) in [6.07, 6.45) is 9.72. The molecule has 1 aromatic carbocycles. The number of ketones is 2. The number of nitrogens with one attached hydrogen (secondary N) is 1. The van der Waals surface area contributed by atoms with Crippen LogP contribution in [0.25, 0.3) is 0 Å². The van der Waals surface area contributed by atoms with Crippen molar-refractivity contribution < 1.29 is 14.8 Å². The summed E-state index contributed by atoms with van der Waals surface area (Å²) in [5.41, 5.74) is 3.22. The molecule has 122 valence electrons. The van der Waals surface area contributed by atoms with Gasteiger partial charge in [0.05, 0.1) is 6.54 Å². The molecule has 0 bridgehead atoms. The lowest BCUT2D eigenvalue weighted by atomic mass is 10.0. The fourth-order valence-corrected chi connectivity index (χ4v) is 2.47. The number of carbonyl (C=O) groups is 2. The van der Waals surface area contributed by atoms with E-state index >= 15 is 0 Å². The molecule has 0 radical (unpaired) electrons. The summed E-state index contributed by atoms with van der Waals surface area (Å²) in [4.78, 5) is 23.3. The van der Waals surface area contributed by atoms with Gasteiger partial charge in [0.2, 0.25) is 11.6 Å². The number of unbranched alkanes of at least 4 members (excludes halogenated alkanes) is 6. The Labute approximate surface area is 132 Å². The van der Waals surface area contributed by atoms with Gasteiger partial charge in [-0.1, -0.05) is 63.6 Å². The molecule has 0 atom stereocenters. The SMILES string of the molecule is CCCCCCCCCc1cccc(C(=O)C(=O)CNO)c1. The fourth-order valence-electron chi connectivity index (χ4n) is 2.47. The number of benzene rings is 1. The van der Waals surface area contributed by atoms with Crippen molar-refractivity contribution in [1.82, 2.24) is 5.48 Å². The van der Waals surface area contributed by atoms with Crippen LogP contribution in [0.1, 0.15) is 67.8 Å². The number of rotatable bonds is 12. The number of hydrogen-bond donors (Lipinski definition) is 2. The molecule has 2 N–H and O–H groups in total. The van der Waals surface area contributed by atoms with Crippen molar-refractivity contribution in [2.45, 2.75) is 58.3 Å². The first-order valence-electron chi connectivity index (χ1n) is 8.22. The summed E-state index contributed by atoms with van der Waals surface area (Å²) in [6.45, 7) is 1.87. The maximum atomic E-state index is 11.9. The lowest BCUT2D eigenvalue weighted by Crippen LogP contribution is -2.26. The van der Waals surface area contributed by atoms with E-state index in [0.29, 0.717) is 5.56 Å². The maximum absolute atomic E-state index is 11.9. The topological polar surface area (TPSA) is 66.4 Å². The average Bonchev–Trinajstić information content (AvgIpc) is 2.54. The van der Waals surface area contributed by atoms with E-state index in [-0.39, 0.29) is 6.54 Å². The van der Waals surface area contributed by atoms with E-state index < -0.39 is 11.6 Å². The van der Waals surface area contributed by atoms with Crippen molar-refractivity contribution in [3.63, 3.8) is 0 Å². The normalized spacial score (nSPS) is 10.6. The smallest absolute Gasteiger partial charge is 0.230 e. The summed E-state index contributed by atoms with van der Waals surface area (Å²) in [6, 6.07) is 7.23. The number of aryl methyl sites for hydroxylation is 1. The minimum absolute atomic E-state index is 0.346. The zero-order chi connectivity index (χ0) is 16.2. The highest BCUT2D eigenvalue weighted by Crippen LogP contribution is 2.12. The fraction of sp³-hybridized carbons (Fsp3) is 0.556. The van der Waals surface area contributed by atoms with Gasteiger partial charge in [-0.25, -0.2) is 0 Å². The number of carbonyl (C=O) groups excluding carboxylic acids is 2. The van der Waals surface area contributed by atoms with Crippen LogP contribution in [0.4, 0.5) is 0 Å². The van der Waals surface area contributed by atoms with E-state index in [1.807, 2.05) is 12.1 Å². The van der Waals surface area contributed by atoms with Crippen LogP contribution in [0.2, 0.25) is 0 Å². The molecular formula is C18H27NO3. The third kappa shape index (κ3) is 6.96. The predicted molar refractivity (Wildman–Crippen MR) is 87.3 cm³/mol. The van der Waals surface area contributed by atoms with E-state index in [1.165, 1.54) is 38.5 Å². The molecule has 4 nitrogen and oxygen atoms in total. The largest absolute Gasteiger partial charge is 0.316 e. The minimum atomic E-state index is -0.629. The van der Waals surface area contributed by atoms with E-state index in [2.05, 4.69) is 6.92 Å².